The predicted molar refractivity (Wildman–Crippen MR) is 71.0 cm³/mol. The first-order valence-electron chi connectivity index (χ1n) is 5.44. The molecule has 0 saturated carbocycles. The normalized spacial score (nSPS) is 10.7. The van der Waals surface area contributed by atoms with E-state index in [-0.39, 0.29) is 5.82 Å². The Labute approximate surface area is 112 Å². The van der Waals surface area contributed by atoms with Gasteiger partial charge in [-0.15, -0.1) is 0 Å². The Bertz CT molecular complexity index is 556. The number of H-pyrrole nitrogens is 1. The van der Waals surface area contributed by atoms with E-state index < -0.39 is 0 Å². The lowest BCUT2D eigenvalue weighted by Crippen LogP contribution is -2.03. The van der Waals surface area contributed by atoms with E-state index in [4.69, 9.17) is 10.5 Å². The van der Waals surface area contributed by atoms with E-state index in [0.717, 1.165) is 5.82 Å². The number of nitrogens with zero attached hydrogens (tertiary/aromatic N) is 1. The van der Waals surface area contributed by atoms with Crippen LogP contribution in [0.25, 0.3) is 11.3 Å². The fraction of sp³-hybridized carbons (Fsp3) is 0.250. The van der Waals surface area contributed by atoms with Crippen molar-refractivity contribution in [3.05, 3.63) is 34.4 Å². The molecule has 2 rings (SSSR count). The molecule has 6 heteroatoms. The number of aromatic amines is 1. The molecule has 0 unspecified atom stereocenters. The predicted octanol–water partition coefficient (Wildman–Crippen LogP) is 2.49. The zero-order chi connectivity index (χ0) is 13.1. The lowest BCUT2D eigenvalue weighted by atomic mass is 10.1. The van der Waals surface area contributed by atoms with Crippen molar-refractivity contribution in [3.63, 3.8) is 0 Å². The molecule has 0 aliphatic rings. The van der Waals surface area contributed by atoms with Crippen LogP contribution in [0.1, 0.15) is 5.82 Å². The summed E-state index contributed by atoms with van der Waals surface area (Å²) in [6.45, 7) is 0.500. The number of nitrogens with one attached hydrogen (secondary N) is 1. The van der Waals surface area contributed by atoms with Crippen LogP contribution in [0, 0.1) is 5.82 Å². The van der Waals surface area contributed by atoms with E-state index in [2.05, 4.69) is 25.9 Å². The summed E-state index contributed by atoms with van der Waals surface area (Å²) in [5.74, 6) is 0.995. The number of methoxy groups -OCH3 is 1. The van der Waals surface area contributed by atoms with Crippen LogP contribution in [0.3, 0.4) is 0 Å². The van der Waals surface area contributed by atoms with Crippen molar-refractivity contribution in [2.24, 2.45) is 5.73 Å². The first kappa shape index (κ1) is 13.0. The van der Waals surface area contributed by atoms with E-state index in [9.17, 15) is 4.39 Å². The van der Waals surface area contributed by atoms with Gasteiger partial charge in [-0.2, -0.15) is 0 Å². The smallest absolute Gasteiger partial charge is 0.128 e. The second-order valence-corrected chi connectivity index (χ2v) is 4.52. The van der Waals surface area contributed by atoms with Crippen LogP contribution in [0.5, 0.6) is 5.75 Å². The summed E-state index contributed by atoms with van der Waals surface area (Å²) in [4.78, 5) is 7.45. The number of hydrogen-bond acceptors (Lipinski definition) is 3. The van der Waals surface area contributed by atoms with Gasteiger partial charge in [-0.05, 0) is 40.7 Å². The molecule has 0 spiro atoms. The minimum atomic E-state index is -0.332. The second kappa shape index (κ2) is 5.49. The van der Waals surface area contributed by atoms with E-state index >= 15 is 0 Å². The summed E-state index contributed by atoms with van der Waals surface area (Å²) in [5.41, 5.74) is 6.70. The van der Waals surface area contributed by atoms with Gasteiger partial charge in [0, 0.05) is 12.0 Å². The van der Waals surface area contributed by atoms with Gasteiger partial charge in [-0.1, -0.05) is 0 Å². The van der Waals surface area contributed by atoms with Gasteiger partial charge in [0.2, 0.25) is 0 Å². The second-order valence-electron chi connectivity index (χ2n) is 3.73. The van der Waals surface area contributed by atoms with E-state index in [1.165, 1.54) is 19.2 Å². The average Bonchev–Trinajstić information content (AvgIpc) is 2.70. The minimum absolute atomic E-state index is 0.332. The third kappa shape index (κ3) is 2.54. The van der Waals surface area contributed by atoms with Crippen molar-refractivity contribution in [1.29, 1.82) is 0 Å². The largest absolute Gasteiger partial charge is 0.496 e. The quantitative estimate of drug-likeness (QED) is 0.911. The zero-order valence-corrected chi connectivity index (χ0v) is 11.4. The molecule has 1 aromatic heterocycles. The molecule has 0 bridgehead atoms. The number of rotatable bonds is 4. The van der Waals surface area contributed by atoms with Crippen molar-refractivity contribution in [1.82, 2.24) is 9.97 Å². The molecule has 0 aliphatic heterocycles. The molecule has 18 heavy (non-hydrogen) atoms. The van der Waals surface area contributed by atoms with Crippen LogP contribution < -0.4 is 10.5 Å². The molecule has 0 fully saturated rings. The molecular formula is C12H13BrFN3O. The maximum absolute atomic E-state index is 13.3. The van der Waals surface area contributed by atoms with Crippen LogP contribution in [-0.2, 0) is 6.42 Å². The molecule has 0 atom stereocenters. The lowest BCUT2D eigenvalue weighted by molar-refractivity contribution is 0.415. The van der Waals surface area contributed by atoms with Gasteiger partial charge >= 0.3 is 0 Å². The molecule has 2 aromatic rings. The Morgan fingerprint density at radius 3 is 2.94 bits per heavy atom. The van der Waals surface area contributed by atoms with Gasteiger partial charge in [0.05, 0.1) is 7.11 Å². The fourth-order valence-corrected chi connectivity index (χ4v) is 2.23. The van der Waals surface area contributed by atoms with Crippen LogP contribution in [0.2, 0.25) is 0 Å². The minimum Gasteiger partial charge on any atom is -0.496 e. The van der Waals surface area contributed by atoms with Crippen LogP contribution >= 0.6 is 15.9 Å². The number of halogens is 2. The highest BCUT2D eigenvalue weighted by Gasteiger charge is 2.15. The highest BCUT2D eigenvalue weighted by molar-refractivity contribution is 9.10. The lowest BCUT2D eigenvalue weighted by Gasteiger charge is -2.06. The standard InChI is InChI=1S/C12H13BrFN3O/c1-18-9-3-2-7(14)6-8(9)11-12(13)17-10(16-11)4-5-15/h2-3,6H,4-5,15H2,1H3,(H,16,17). The van der Waals surface area contributed by atoms with E-state index in [1.54, 1.807) is 6.07 Å². The topological polar surface area (TPSA) is 63.9 Å². The Morgan fingerprint density at radius 2 is 2.28 bits per heavy atom. The van der Waals surface area contributed by atoms with Gasteiger partial charge in [0.25, 0.3) is 0 Å². The molecule has 4 nitrogen and oxygen atoms in total. The highest BCUT2D eigenvalue weighted by atomic mass is 79.9. The summed E-state index contributed by atoms with van der Waals surface area (Å²) in [7, 11) is 1.54. The Kier molecular flexibility index (Phi) is 3.98. The van der Waals surface area contributed by atoms with Crippen LogP contribution in [0.4, 0.5) is 4.39 Å². The first-order chi connectivity index (χ1) is 8.65. The Balaban J connectivity index is 2.50. The van der Waals surface area contributed by atoms with Crippen LogP contribution in [0.15, 0.2) is 22.8 Å². The molecule has 0 radical (unpaired) electrons. The monoisotopic (exact) mass is 313 g/mol. The first-order valence-corrected chi connectivity index (χ1v) is 6.23. The molecule has 3 N–H and O–H groups in total. The van der Waals surface area contributed by atoms with Gasteiger partial charge in [-0.25, -0.2) is 9.37 Å². The van der Waals surface area contributed by atoms with Crippen LogP contribution in [-0.4, -0.2) is 23.6 Å². The van der Waals surface area contributed by atoms with Gasteiger partial charge in [0.1, 0.15) is 27.7 Å². The summed E-state index contributed by atoms with van der Waals surface area (Å²) in [5, 5.41) is 0. The van der Waals surface area contributed by atoms with E-state index in [1.807, 2.05) is 0 Å². The average molecular weight is 314 g/mol. The summed E-state index contributed by atoms with van der Waals surface area (Å²) in [6.07, 6.45) is 0.635. The molecular weight excluding hydrogens is 301 g/mol. The third-order valence-electron chi connectivity index (χ3n) is 2.51. The van der Waals surface area contributed by atoms with Crippen molar-refractivity contribution in [2.75, 3.05) is 13.7 Å². The van der Waals surface area contributed by atoms with E-state index in [0.29, 0.717) is 34.6 Å². The summed E-state index contributed by atoms with van der Waals surface area (Å²) in [6, 6.07) is 4.32. The number of nitrogens with two attached hydrogens (primary N) is 1. The third-order valence-corrected chi connectivity index (χ3v) is 3.08. The summed E-state index contributed by atoms with van der Waals surface area (Å²) < 4.78 is 19.2. The zero-order valence-electron chi connectivity index (χ0n) is 9.84. The number of benzene rings is 1. The maximum atomic E-state index is 13.3. The molecule has 96 valence electrons. The number of aromatic nitrogens is 2. The molecule has 1 aromatic carbocycles. The van der Waals surface area contributed by atoms with Crippen molar-refractivity contribution in [3.8, 4) is 17.0 Å². The van der Waals surface area contributed by atoms with Gasteiger partial charge in [-0.3, -0.25) is 0 Å². The molecule has 1 heterocycles. The van der Waals surface area contributed by atoms with Gasteiger partial charge < -0.3 is 15.5 Å². The van der Waals surface area contributed by atoms with Gasteiger partial charge in [0.15, 0.2) is 0 Å². The number of hydrogen-bond donors (Lipinski definition) is 2. The Morgan fingerprint density at radius 1 is 1.50 bits per heavy atom. The maximum Gasteiger partial charge on any atom is 0.128 e. The number of ether oxygens (including phenoxy) is 1. The highest BCUT2D eigenvalue weighted by Crippen LogP contribution is 2.33. The van der Waals surface area contributed by atoms with Crippen molar-refractivity contribution < 1.29 is 9.13 Å². The SMILES string of the molecule is COc1ccc(F)cc1-c1nc(CCN)[nH]c1Br. The Hall–Kier alpha value is -1.40. The summed E-state index contributed by atoms with van der Waals surface area (Å²) >= 11 is 3.37. The number of imidazole rings is 1. The van der Waals surface area contributed by atoms with Crippen molar-refractivity contribution >= 4 is 15.9 Å². The fourth-order valence-electron chi connectivity index (χ4n) is 1.70. The molecule has 0 aliphatic carbocycles. The van der Waals surface area contributed by atoms with Crippen molar-refractivity contribution in [2.45, 2.75) is 6.42 Å². The molecule has 0 saturated heterocycles. The molecule has 0 amide bonds.